The van der Waals surface area contributed by atoms with Crippen LogP contribution in [0.4, 0.5) is 0 Å². The molecule has 1 aromatic rings. The third-order valence-corrected chi connectivity index (χ3v) is 3.95. The molecule has 0 saturated carbocycles. The number of rotatable bonds is 8. The van der Waals surface area contributed by atoms with Crippen molar-refractivity contribution in [2.45, 2.75) is 37.2 Å². The number of aliphatic hydroxyl groups is 2. The highest BCUT2D eigenvalue weighted by Crippen LogP contribution is 2.15. The van der Waals surface area contributed by atoms with Gasteiger partial charge in [0.15, 0.2) is 0 Å². The molecular weight excluding hydrogens is 268 g/mol. The predicted molar refractivity (Wildman–Crippen MR) is 71.3 cm³/mol. The van der Waals surface area contributed by atoms with Gasteiger partial charge >= 0.3 is 0 Å². The summed E-state index contributed by atoms with van der Waals surface area (Å²) in [6.07, 6.45) is 1.87. The Morgan fingerprint density at radius 3 is 2.42 bits per heavy atom. The van der Waals surface area contributed by atoms with Crippen molar-refractivity contribution in [2.24, 2.45) is 0 Å². The Bertz CT molecular complexity index is 466. The molecule has 0 saturated heterocycles. The van der Waals surface area contributed by atoms with E-state index in [1.807, 2.05) is 0 Å². The SMILES string of the molecule is CCCCc1ccc(S(=O)(=O)OCC(O)CO)cc1. The summed E-state index contributed by atoms with van der Waals surface area (Å²) in [6.45, 7) is 1.11. The average molecular weight is 288 g/mol. The molecule has 1 rings (SSSR count). The molecule has 0 radical (unpaired) electrons. The van der Waals surface area contributed by atoms with E-state index in [9.17, 15) is 8.42 Å². The second-order valence-corrected chi connectivity index (χ2v) is 5.94. The molecular formula is C13H20O5S. The first-order valence-corrected chi connectivity index (χ1v) is 7.67. The Balaban J connectivity index is 2.68. The average Bonchev–Trinajstić information content (AvgIpc) is 2.43. The van der Waals surface area contributed by atoms with Crippen LogP contribution in [-0.2, 0) is 20.7 Å². The third-order valence-electron chi connectivity index (χ3n) is 2.66. The first-order chi connectivity index (χ1) is 8.99. The van der Waals surface area contributed by atoms with E-state index in [0.717, 1.165) is 24.8 Å². The van der Waals surface area contributed by atoms with E-state index in [2.05, 4.69) is 11.1 Å². The molecule has 1 aromatic carbocycles. The van der Waals surface area contributed by atoms with Crippen LogP contribution in [-0.4, -0.2) is 37.9 Å². The number of hydrogen-bond donors (Lipinski definition) is 2. The molecule has 108 valence electrons. The van der Waals surface area contributed by atoms with E-state index >= 15 is 0 Å². The fourth-order valence-electron chi connectivity index (χ4n) is 1.49. The van der Waals surface area contributed by atoms with E-state index < -0.39 is 29.4 Å². The molecule has 1 atom stereocenters. The Morgan fingerprint density at radius 2 is 1.89 bits per heavy atom. The molecule has 0 aliphatic heterocycles. The first kappa shape index (κ1) is 16.1. The normalized spacial score (nSPS) is 13.4. The zero-order valence-electron chi connectivity index (χ0n) is 10.9. The van der Waals surface area contributed by atoms with E-state index in [4.69, 9.17) is 10.2 Å². The van der Waals surface area contributed by atoms with Gasteiger partial charge in [0.05, 0.1) is 18.1 Å². The zero-order valence-corrected chi connectivity index (χ0v) is 11.8. The van der Waals surface area contributed by atoms with Crippen molar-refractivity contribution in [3.05, 3.63) is 29.8 Å². The molecule has 6 heteroatoms. The van der Waals surface area contributed by atoms with Gasteiger partial charge in [0.2, 0.25) is 0 Å². The zero-order chi connectivity index (χ0) is 14.3. The summed E-state index contributed by atoms with van der Waals surface area (Å²) in [6, 6.07) is 6.50. The van der Waals surface area contributed by atoms with Gasteiger partial charge in [0, 0.05) is 0 Å². The molecule has 0 heterocycles. The number of hydrogen-bond acceptors (Lipinski definition) is 5. The van der Waals surface area contributed by atoms with Crippen LogP contribution in [0.5, 0.6) is 0 Å². The summed E-state index contributed by atoms with van der Waals surface area (Å²) in [5.74, 6) is 0. The second-order valence-electron chi connectivity index (χ2n) is 4.32. The van der Waals surface area contributed by atoms with Gasteiger partial charge < -0.3 is 10.2 Å². The lowest BCUT2D eigenvalue weighted by Crippen LogP contribution is -2.22. The summed E-state index contributed by atoms with van der Waals surface area (Å²) in [5.41, 5.74) is 1.08. The van der Waals surface area contributed by atoms with Crippen LogP contribution < -0.4 is 0 Å². The first-order valence-electron chi connectivity index (χ1n) is 6.27. The third kappa shape index (κ3) is 5.28. The summed E-state index contributed by atoms with van der Waals surface area (Å²) < 4.78 is 28.2. The lowest BCUT2D eigenvalue weighted by atomic mass is 10.1. The molecule has 2 N–H and O–H groups in total. The van der Waals surface area contributed by atoms with E-state index in [-0.39, 0.29) is 4.90 Å². The van der Waals surface area contributed by atoms with Gasteiger partial charge in [0.25, 0.3) is 10.1 Å². The highest BCUT2D eigenvalue weighted by Gasteiger charge is 2.17. The van der Waals surface area contributed by atoms with Crippen molar-refractivity contribution >= 4 is 10.1 Å². The molecule has 0 amide bonds. The van der Waals surface area contributed by atoms with Crippen LogP contribution in [0.15, 0.2) is 29.2 Å². The molecule has 0 spiro atoms. The van der Waals surface area contributed by atoms with Crippen LogP contribution in [0, 0.1) is 0 Å². The van der Waals surface area contributed by atoms with Crippen molar-refractivity contribution in [1.82, 2.24) is 0 Å². The smallest absolute Gasteiger partial charge is 0.297 e. The molecule has 5 nitrogen and oxygen atoms in total. The molecule has 19 heavy (non-hydrogen) atoms. The van der Waals surface area contributed by atoms with Crippen molar-refractivity contribution in [3.8, 4) is 0 Å². The van der Waals surface area contributed by atoms with Crippen molar-refractivity contribution in [1.29, 1.82) is 0 Å². The van der Waals surface area contributed by atoms with Crippen molar-refractivity contribution in [2.75, 3.05) is 13.2 Å². The summed E-state index contributed by atoms with van der Waals surface area (Å²) in [4.78, 5) is 0.0536. The van der Waals surface area contributed by atoms with Crippen LogP contribution in [0.25, 0.3) is 0 Å². The quantitative estimate of drug-likeness (QED) is 0.700. The van der Waals surface area contributed by atoms with Gasteiger partial charge in [-0.05, 0) is 30.5 Å². The minimum Gasteiger partial charge on any atom is -0.394 e. The fourth-order valence-corrected chi connectivity index (χ4v) is 2.43. The van der Waals surface area contributed by atoms with Gasteiger partial charge in [-0.2, -0.15) is 8.42 Å². The van der Waals surface area contributed by atoms with Crippen LogP contribution >= 0.6 is 0 Å². The van der Waals surface area contributed by atoms with E-state index in [1.165, 1.54) is 12.1 Å². The maximum absolute atomic E-state index is 11.8. The molecule has 1 unspecified atom stereocenters. The fraction of sp³-hybridized carbons (Fsp3) is 0.538. The lowest BCUT2D eigenvalue weighted by Gasteiger charge is -2.09. The molecule has 0 fully saturated rings. The number of aliphatic hydroxyl groups excluding tert-OH is 2. The van der Waals surface area contributed by atoms with Gasteiger partial charge in [0.1, 0.15) is 6.10 Å². The monoisotopic (exact) mass is 288 g/mol. The van der Waals surface area contributed by atoms with Crippen LogP contribution in [0.3, 0.4) is 0 Å². The minimum absolute atomic E-state index is 0.0536. The summed E-state index contributed by atoms with van der Waals surface area (Å²) in [5, 5.41) is 17.7. The minimum atomic E-state index is -3.87. The topological polar surface area (TPSA) is 83.8 Å². The predicted octanol–water partition coefficient (Wildman–Crippen LogP) is 1.09. The van der Waals surface area contributed by atoms with E-state index in [1.54, 1.807) is 12.1 Å². The Hall–Kier alpha value is -0.950. The largest absolute Gasteiger partial charge is 0.394 e. The van der Waals surface area contributed by atoms with E-state index in [0.29, 0.717) is 0 Å². The lowest BCUT2D eigenvalue weighted by molar-refractivity contribution is 0.0557. The maximum atomic E-state index is 11.8. The van der Waals surface area contributed by atoms with Crippen LogP contribution in [0.1, 0.15) is 25.3 Å². The van der Waals surface area contributed by atoms with Crippen LogP contribution in [0.2, 0.25) is 0 Å². The number of aryl methyl sites for hydroxylation is 1. The highest BCUT2D eigenvalue weighted by atomic mass is 32.2. The number of unbranched alkanes of at least 4 members (excludes halogenated alkanes) is 1. The summed E-state index contributed by atoms with van der Waals surface area (Å²) in [7, 11) is -3.87. The van der Waals surface area contributed by atoms with Gasteiger partial charge in [-0.25, -0.2) is 0 Å². The highest BCUT2D eigenvalue weighted by molar-refractivity contribution is 7.86. The molecule has 0 aliphatic rings. The number of benzene rings is 1. The Labute approximate surface area is 114 Å². The van der Waals surface area contributed by atoms with Gasteiger partial charge in [-0.1, -0.05) is 25.5 Å². The molecule has 0 aliphatic carbocycles. The van der Waals surface area contributed by atoms with Gasteiger partial charge in [-0.15, -0.1) is 0 Å². The standard InChI is InChI=1S/C13H20O5S/c1-2-3-4-11-5-7-13(8-6-11)19(16,17)18-10-12(15)9-14/h5-8,12,14-15H,2-4,9-10H2,1H3. The van der Waals surface area contributed by atoms with Crippen molar-refractivity contribution in [3.63, 3.8) is 0 Å². The maximum Gasteiger partial charge on any atom is 0.297 e. The van der Waals surface area contributed by atoms with Crippen molar-refractivity contribution < 1.29 is 22.8 Å². The molecule has 0 bridgehead atoms. The second kappa shape index (κ2) is 7.59. The summed E-state index contributed by atoms with van der Waals surface area (Å²) >= 11 is 0. The molecule has 0 aromatic heterocycles. The van der Waals surface area contributed by atoms with Gasteiger partial charge in [-0.3, -0.25) is 4.18 Å². The Morgan fingerprint density at radius 1 is 1.26 bits per heavy atom. The Kier molecular flexibility index (Phi) is 6.44.